The van der Waals surface area contributed by atoms with Crippen LogP contribution >= 0.6 is 0 Å². The third-order valence-electron chi connectivity index (χ3n) is 4.39. The molecular formula is C13H23N3O3. The summed E-state index contributed by atoms with van der Waals surface area (Å²) in [4.78, 5) is 27.3. The third kappa shape index (κ3) is 2.83. The number of carboxylic acid groups (broad SMARTS) is 1. The van der Waals surface area contributed by atoms with Gasteiger partial charge >= 0.3 is 12.0 Å². The summed E-state index contributed by atoms with van der Waals surface area (Å²) in [6, 6.07) is -0.0562. The number of aliphatic carboxylic acids is 1. The first-order valence-electron chi connectivity index (χ1n) is 6.93. The Morgan fingerprint density at radius 1 is 1.26 bits per heavy atom. The van der Waals surface area contributed by atoms with Crippen LogP contribution < -0.4 is 5.32 Å². The monoisotopic (exact) mass is 269 g/mol. The van der Waals surface area contributed by atoms with Crippen LogP contribution in [-0.4, -0.2) is 65.2 Å². The molecule has 2 aliphatic heterocycles. The average Bonchev–Trinajstić information content (AvgIpc) is 2.76. The van der Waals surface area contributed by atoms with Gasteiger partial charge in [-0.15, -0.1) is 0 Å². The van der Waals surface area contributed by atoms with Gasteiger partial charge in [-0.25, -0.2) is 9.59 Å². The van der Waals surface area contributed by atoms with E-state index >= 15 is 0 Å². The van der Waals surface area contributed by atoms with E-state index in [0.29, 0.717) is 13.0 Å². The van der Waals surface area contributed by atoms with E-state index in [2.05, 4.69) is 17.3 Å². The molecular weight excluding hydrogens is 246 g/mol. The number of carboxylic acids is 1. The van der Waals surface area contributed by atoms with Crippen molar-refractivity contribution in [3.05, 3.63) is 0 Å². The van der Waals surface area contributed by atoms with Gasteiger partial charge in [-0.3, -0.25) is 0 Å². The number of carbonyl (C=O) groups is 2. The number of nitrogens with zero attached hydrogens (tertiary/aromatic N) is 2. The molecule has 108 valence electrons. The van der Waals surface area contributed by atoms with Crippen LogP contribution in [0.2, 0.25) is 0 Å². The van der Waals surface area contributed by atoms with Gasteiger partial charge in [0.15, 0.2) is 0 Å². The molecule has 2 saturated heterocycles. The predicted octanol–water partition coefficient (Wildman–Crippen LogP) is 0.729. The van der Waals surface area contributed by atoms with Crippen molar-refractivity contribution < 1.29 is 14.7 Å². The molecule has 6 nitrogen and oxygen atoms in total. The van der Waals surface area contributed by atoms with Gasteiger partial charge in [-0.1, -0.05) is 0 Å². The van der Waals surface area contributed by atoms with Gasteiger partial charge in [0, 0.05) is 12.6 Å². The Morgan fingerprint density at radius 3 is 2.47 bits per heavy atom. The summed E-state index contributed by atoms with van der Waals surface area (Å²) in [6.45, 7) is 4.11. The molecule has 6 heteroatoms. The smallest absolute Gasteiger partial charge is 0.329 e. The average molecular weight is 269 g/mol. The highest BCUT2D eigenvalue weighted by molar-refractivity contribution is 5.86. The van der Waals surface area contributed by atoms with Crippen molar-refractivity contribution in [1.29, 1.82) is 0 Å². The lowest BCUT2D eigenvalue weighted by Crippen LogP contribution is -2.56. The maximum absolute atomic E-state index is 12.3. The summed E-state index contributed by atoms with van der Waals surface area (Å²) in [6.07, 6.45) is 3.15. The molecule has 0 spiro atoms. The number of carbonyl (C=O) groups excluding carboxylic acids is 1. The Hall–Kier alpha value is -1.30. The molecule has 0 aliphatic carbocycles. The van der Waals surface area contributed by atoms with Crippen LogP contribution in [0.4, 0.5) is 4.79 Å². The number of hydrogen-bond donors (Lipinski definition) is 2. The SMILES string of the molecule is CN1CCC(NC(=O)N2CCCC2(C)C(=O)O)CC1. The standard InChI is InChI=1S/C13H23N3O3/c1-13(11(17)18)6-3-7-16(13)12(19)14-10-4-8-15(2)9-5-10/h10H,3-9H2,1-2H3,(H,14,19)(H,17,18). The van der Waals surface area contributed by atoms with Crippen LogP contribution in [0.25, 0.3) is 0 Å². The van der Waals surface area contributed by atoms with Gasteiger partial charge in [0.1, 0.15) is 5.54 Å². The second-order valence-corrected chi connectivity index (χ2v) is 5.86. The van der Waals surface area contributed by atoms with Crippen LogP contribution in [0, 0.1) is 0 Å². The molecule has 2 N–H and O–H groups in total. The first kappa shape index (κ1) is 14.1. The second kappa shape index (κ2) is 5.36. The van der Waals surface area contributed by atoms with E-state index in [1.807, 2.05) is 0 Å². The summed E-state index contributed by atoms with van der Waals surface area (Å²) in [7, 11) is 2.07. The molecule has 2 aliphatic rings. The number of hydrogen-bond acceptors (Lipinski definition) is 3. The molecule has 1 unspecified atom stereocenters. The minimum atomic E-state index is -1.05. The second-order valence-electron chi connectivity index (χ2n) is 5.86. The van der Waals surface area contributed by atoms with Crippen molar-refractivity contribution in [2.24, 2.45) is 0 Å². The van der Waals surface area contributed by atoms with Gasteiger partial charge < -0.3 is 20.2 Å². The van der Waals surface area contributed by atoms with E-state index in [1.54, 1.807) is 6.92 Å². The van der Waals surface area contributed by atoms with Crippen LogP contribution in [0.1, 0.15) is 32.6 Å². The lowest BCUT2D eigenvalue weighted by Gasteiger charge is -2.35. The van der Waals surface area contributed by atoms with Crippen LogP contribution in [-0.2, 0) is 4.79 Å². The molecule has 0 aromatic heterocycles. The van der Waals surface area contributed by atoms with Crippen LogP contribution in [0.3, 0.4) is 0 Å². The molecule has 0 aromatic carbocycles. The first-order chi connectivity index (χ1) is 8.93. The highest BCUT2D eigenvalue weighted by Crippen LogP contribution is 2.29. The molecule has 1 atom stereocenters. The Balaban J connectivity index is 1.94. The van der Waals surface area contributed by atoms with E-state index in [-0.39, 0.29) is 12.1 Å². The molecule has 2 fully saturated rings. The minimum Gasteiger partial charge on any atom is -0.480 e. The molecule has 2 rings (SSSR count). The number of urea groups is 1. The van der Waals surface area contributed by atoms with Crippen molar-refractivity contribution in [1.82, 2.24) is 15.1 Å². The first-order valence-corrected chi connectivity index (χ1v) is 6.93. The molecule has 0 saturated carbocycles. The summed E-state index contributed by atoms with van der Waals surface area (Å²) in [5.74, 6) is -0.913. The van der Waals surface area contributed by atoms with E-state index in [9.17, 15) is 14.7 Å². The largest absolute Gasteiger partial charge is 0.480 e. The topological polar surface area (TPSA) is 72.9 Å². The van der Waals surface area contributed by atoms with Crippen molar-refractivity contribution in [2.45, 2.75) is 44.2 Å². The highest BCUT2D eigenvalue weighted by Gasteiger charge is 2.46. The lowest BCUT2D eigenvalue weighted by molar-refractivity contribution is -0.147. The minimum absolute atomic E-state index is 0.169. The zero-order valence-electron chi connectivity index (χ0n) is 11.7. The fourth-order valence-electron chi connectivity index (χ4n) is 2.92. The summed E-state index contributed by atoms with van der Waals surface area (Å²) in [5.41, 5.74) is -1.05. The molecule has 2 heterocycles. The van der Waals surface area contributed by atoms with Gasteiger partial charge in [0.2, 0.25) is 0 Å². The lowest BCUT2D eigenvalue weighted by atomic mass is 9.99. The van der Waals surface area contributed by atoms with E-state index in [4.69, 9.17) is 0 Å². The van der Waals surface area contributed by atoms with Gasteiger partial charge in [-0.2, -0.15) is 0 Å². The van der Waals surface area contributed by atoms with Gasteiger partial charge in [0.25, 0.3) is 0 Å². The quantitative estimate of drug-likeness (QED) is 0.775. The number of likely N-dealkylation sites (tertiary alicyclic amines) is 2. The van der Waals surface area contributed by atoms with Gasteiger partial charge in [-0.05, 0) is 52.7 Å². The van der Waals surface area contributed by atoms with Crippen molar-refractivity contribution in [3.63, 3.8) is 0 Å². The Morgan fingerprint density at radius 2 is 1.89 bits per heavy atom. The van der Waals surface area contributed by atoms with Crippen molar-refractivity contribution >= 4 is 12.0 Å². The zero-order valence-corrected chi connectivity index (χ0v) is 11.7. The number of amides is 2. The van der Waals surface area contributed by atoms with Crippen LogP contribution in [0.5, 0.6) is 0 Å². The van der Waals surface area contributed by atoms with E-state index < -0.39 is 11.5 Å². The number of rotatable bonds is 2. The van der Waals surface area contributed by atoms with E-state index in [0.717, 1.165) is 32.4 Å². The summed E-state index contributed by atoms with van der Waals surface area (Å²) in [5, 5.41) is 12.3. The summed E-state index contributed by atoms with van der Waals surface area (Å²) >= 11 is 0. The Kier molecular flexibility index (Phi) is 3.99. The predicted molar refractivity (Wildman–Crippen MR) is 71.0 cm³/mol. The summed E-state index contributed by atoms with van der Waals surface area (Å²) < 4.78 is 0. The third-order valence-corrected chi connectivity index (χ3v) is 4.39. The molecule has 0 bridgehead atoms. The Labute approximate surface area is 113 Å². The maximum atomic E-state index is 12.3. The molecule has 2 amide bonds. The van der Waals surface area contributed by atoms with Crippen LogP contribution in [0.15, 0.2) is 0 Å². The van der Waals surface area contributed by atoms with Crippen molar-refractivity contribution in [3.8, 4) is 0 Å². The van der Waals surface area contributed by atoms with Gasteiger partial charge in [0.05, 0.1) is 0 Å². The number of nitrogens with one attached hydrogen (secondary N) is 1. The number of piperidine rings is 1. The molecule has 0 radical (unpaired) electrons. The van der Waals surface area contributed by atoms with Crippen molar-refractivity contribution in [2.75, 3.05) is 26.7 Å². The Bertz CT molecular complexity index is 366. The zero-order chi connectivity index (χ0) is 14.0. The maximum Gasteiger partial charge on any atom is 0.329 e. The highest BCUT2D eigenvalue weighted by atomic mass is 16.4. The fourth-order valence-corrected chi connectivity index (χ4v) is 2.92. The molecule has 0 aromatic rings. The normalized spacial score (nSPS) is 29.5. The molecule has 19 heavy (non-hydrogen) atoms. The fraction of sp³-hybridized carbons (Fsp3) is 0.846. The van der Waals surface area contributed by atoms with E-state index in [1.165, 1.54) is 4.90 Å².